The number of hydrogen-bond acceptors (Lipinski definition) is 5. The molecule has 1 aromatic heterocycles. The first-order valence-corrected chi connectivity index (χ1v) is 8.67. The highest BCUT2D eigenvalue weighted by molar-refractivity contribution is 6.30. The Labute approximate surface area is 165 Å². The van der Waals surface area contributed by atoms with Gasteiger partial charge in [-0.25, -0.2) is 5.43 Å². The summed E-state index contributed by atoms with van der Waals surface area (Å²) in [6, 6.07) is 14.9. The van der Waals surface area contributed by atoms with Crippen molar-refractivity contribution in [2.45, 2.75) is 13.5 Å². The van der Waals surface area contributed by atoms with Gasteiger partial charge >= 0.3 is 0 Å². The van der Waals surface area contributed by atoms with Gasteiger partial charge in [0.15, 0.2) is 5.69 Å². The minimum absolute atomic E-state index is 0.00758. The molecule has 0 radical (unpaired) electrons. The van der Waals surface area contributed by atoms with Crippen molar-refractivity contribution in [1.29, 1.82) is 0 Å². The van der Waals surface area contributed by atoms with Crippen molar-refractivity contribution in [3.63, 3.8) is 0 Å². The molecule has 1 heterocycles. The second-order valence-corrected chi connectivity index (χ2v) is 6.40. The van der Waals surface area contributed by atoms with Crippen LogP contribution in [0.2, 0.25) is 5.02 Å². The lowest BCUT2D eigenvalue weighted by Crippen LogP contribution is -2.20. The monoisotopic (exact) mass is 397 g/mol. The van der Waals surface area contributed by atoms with Crippen LogP contribution in [0, 0.1) is 10.1 Å². The Balaban J connectivity index is 1.62. The van der Waals surface area contributed by atoms with Crippen LogP contribution in [0.15, 0.2) is 65.9 Å². The number of carbonyl (C=O) groups is 1. The van der Waals surface area contributed by atoms with Gasteiger partial charge in [0.2, 0.25) is 0 Å². The zero-order valence-corrected chi connectivity index (χ0v) is 15.6. The number of non-ortho nitro benzene ring substituents is 1. The summed E-state index contributed by atoms with van der Waals surface area (Å²) in [6.07, 6.45) is 1.70. The average Bonchev–Trinajstić information content (AvgIpc) is 3.16. The molecule has 8 nitrogen and oxygen atoms in total. The van der Waals surface area contributed by atoms with E-state index < -0.39 is 10.8 Å². The van der Waals surface area contributed by atoms with Crippen LogP contribution in [0.3, 0.4) is 0 Å². The standard InChI is InChI=1S/C19H16ClN5O3/c1-13(15-4-8-17(9-5-15)25(27)28)21-22-19(26)18-10-11-24(23-18)12-14-2-6-16(20)7-3-14/h2-11H,12H2,1H3,(H,22,26)/b21-13-. The molecule has 1 amide bonds. The van der Waals surface area contributed by atoms with E-state index >= 15 is 0 Å². The minimum Gasteiger partial charge on any atom is -0.268 e. The summed E-state index contributed by atoms with van der Waals surface area (Å²) in [6.45, 7) is 2.20. The Morgan fingerprint density at radius 1 is 1.18 bits per heavy atom. The second kappa shape index (κ2) is 8.45. The Morgan fingerprint density at radius 2 is 1.86 bits per heavy atom. The van der Waals surface area contributed by atoms with Gasteiger partial charge in [0.05, 0.1) is 17.2 Å². The third kappa shape index (κ3) is 4.80. The number of aromatic nitrogens is 2. The van der Waals surface area contributed by atoms with Crippen molar-refractivity contribution in [2.75, 3.05) is 0 Å². The van der Waals surface area contributed by atoms with E-state index in [0.717, 1.165) is 5.56 Å². The zero-order valence-electron chi connectivity index (χ0n) is 14.9. The molecule has 0 atom stereocenters. The first-order chi connectivity index (χ1) is 13.4. The lowest BCUT2D eigenvalue weighted by Gasteiger charge is -2.03. The molecule has 0 saturated carbocycles. The molecule has 0 aliphatic carbocycles. The molecule has 3 rings (SSSR count). The average molecular weight is 398 g/mol. The number of nitro benzene ring substituents is 1. The van der Waals surface area contributed by atoms with Gasteiger partial charge in [-0.2, -0.15) is 10.2 Å². The number of benzene rings is 2. The van der Waals surface area contributed by atoms with E-state index in [1.807, 2.05) is 12.1 Å². The van der Waals surface area contributed by atoms with Gasteiger partial charge in [0.25, 0.3) is 11.6 Å². The molecule has 9 heteroatoms. The number of carbonyl (C=O) groups excluding carboxylic acids is 1. The summed E-state index contributed by atoms with van der Waals surface area (Å²) in [5.74, 6) is -0.448. The fourth-order valence-corrected chi connectivity index (χ4v) is 2.55. The van der Waals surface area contributed by atoms with Crippen molar-refractivity contribution in [3.8, 4) is 0 Å². The van der Waals surface area contributed by atoms with Gasteiger partial charge in [-0.15, -0.1) is 0 Å². The summed E-state index contributed by atoms with van der Waals surface area (Å²) in [5.41, 5.74) is 4.85. The smallest absolute Gasteiger partial charge is 0.268 e. The van der Waals surface area contributed by atoms with Crippen LogP contribution in [0.4, 0.5) is 5.69 Å². The lowest BCUT2D eigenvalue weighted by atomic mass is 10.1. The Bertz CT molecular complexity index is 1030. The van der Waals surface area contributed by atoms with E-state index in [9.17, 15) is 14.9 Å². The molecule has 0 saturated heterocycles. The molecule has 3 aromatic rings. The number of hydrogen-bond donors (Lipinski definition) is 1. The number of nitro groups is 1. The van der Waals surface area contributed by atoms with Crippen molar-refractivity contribution in [3.05, 3.63) is 92.8 Å². The SMILES string of the molecule is C/C(=N/NC(=O)c1ccn(Cc2ccc(Cl)cc2)n1)c1ccc([N+](=O)[O-])cc1. The molecule has 0 spiro atoms. The summed E-state index contributed by atoms with van der Waals surface area (Å²) in [4.78, 5) is 22.4. The Morgan fingerprint density at radius 3 is 2.50 bits per heavy atom. The van der Waals surface area contributed by atoms with Crippen LogP contribution >= 0.6 is 11.6 Å². The lowest BCUT2D eigenvalue weighted by molar-refractivity contribution is -0.384. The van der Waals surface area contributed by atoms with E-state index in [1.165, 1.54) is 12.1 Å². The minimum atomic E-state index is -0.474. The number of nitrogens with zero attached hydrogens (tertiary/aromatic N) is 4. The highest BCUT2D eigenvalue weighted by atomic mass is 35.5. The normalized spacial score (nSPS) is 11.3. The van der Waals surface area contributed by atoms with Crippen molar-refractivity contribution >= 4 is 28.9 Å². The maximum atomic E-state index is 12.2. The maximum absolute atomic E-state index is 12.2. The quantitative estimate of drug-likeness (QED) is 0.389. The molecule has 0 unspecified atom stereocenters. The third-order valence-electron chi connectivity index (χ3n) is 3.95. The zero-order chi connectivity index (χ0) is 20.1. The van der Waals surface area contributed by atoms with Gasteiger partial charge in [0, 0.05) is 23.4 Å². The van der Waals surface area contributed by atoms with Crippen LogP contribution in [-0.2, 0) is 6.54 Å². The van der Waals surface area contributed by atoms with Crippen LogP contribution < -0.4 is 5.43 Å². The fraction of sp³-hybridized carbons (Fsp3) is 0.105. The topological polar surface area (TPSA) is 102 Å². The van der Waals surface area contributed by atoms with Gasteiger partial charge in [-0.3, -0.25) is 19.6 Å². The van der Waals surface area contributed by atoms with E-state index in [2.05, 4.69) is 15.6 Å². The van der Waals surface area contributed by atoms with Crippen molar-refractivity contribution in [2.24, 2.45) is 5.10 Å². The number of hydrazone groups is 1. The van der Waals surface area contributed by atoms with E-state index in [1.54, 1.807) is 48.1 Å². The summed E-state index contributed by atoms with van der Waals surface area (Å²) < 4.78 is 1.64. The molecular formula is C19H16ClN5O3. The molecule has 28 heavy (non-hydrogen) atoms. The summed E-state index contributed by atoms with van der Waals surface area (Å²) >= 11 is 5.87. The van der Waals surface area contributed by atoms with Crippen molar-refractivity contribution in [1.82, 2.24) is 15.2 Å². The van der Waals surface area contributed by atoms with Crippen molar-refractivity contribution < 1.29 is 9.72 Å². The molecule has 0 fully saturated rings. The molecule has 142 valence electrons. The van der Waals surface area contributed by atoms with E-state index in [0.29, 0.717) is 22.8 Å². The van der Waals surface area contributed by atoms with Gasteiger partial charge in [-0.1, -0.05) is 23.7 Å². The Kier molecular flexibility index (Phi) is 5.81. The van der Waals surface area contributed by atoms with E-state index in [-0.39, 0.29) is 11.4 Å². The summed E-state index contributed by atoms with van der Waals surface area (Å²) in [5, 5.41) is 19.6. The number of amides is 1. The van der Waals surface area contributed by atoms with Crippen LogP contribution in [0.25, 0.3) is 0 Å². The number of halogens is 1. The molecule has 1 N–H and O–H groups in total. The molecule has 0 aliphatic rings. The molecule has 2 aromatic carbocycles. The first kappa shape index (κ1) is 19.2. The fourth-order valence-electron chi connectivity index (χ4n) is 2.43. The van der Waals surface area contributed by atoms with Gasteiger partial charge in [0.1, 0.15) is 0 Å². The van der Waals surface area contributed by atoms with E-state index in [4.69, 9.17) is 11.6 Å². The highest BCUT2D eigenvalue weighted by Crippen LogP contribution is 2.13. The summed E-state index contributed by atoms with van der Waals surface area (Å²) in [7, 11) is 0. The predicted octanol–water partition coefficient (Wildman–Crippen LogP) is 3.65. The van der Waals surface area contributed by atoms with Crippen LogP contribution in [0.5, 0.6) is 0 Å². The largest absolute Gasteiger partial charge is 0.291 e. The van der Waals surface area contributed by atoms with Gasteiger partial charge in [-0.05, 0) is 48.4 Å². The molecule has 0 aliphatic heterocycles. The highest BCUT2D eigenvalue weighted by Gasteiger charge is 2.10. The second-order valence-electron chi connectivity index (χ2n) is 5.97. The number of nitrogens with one attached hydrogen (secondary N) is 1. The van der Waals surface area contributed by atoms with Crippen LogP contribution in [-0.4, -0.2) is 26.3 Å². The maximum Gasteiger partial charge on any atom is 0.291 e. The van der Waals surface area contributed by atoms with Crippen LogP contribution in [0.1, 0.15) is 28.5 Å². The molecule has 0 bridgehead atoms. The first-order valence-electron chi connectivity index (χ1n) is 8.30. The Hall–Kier alpha value is -3.52. The third-order valence-corrected chi connectivity index (χ3v) is 4.20. The molecular weight excluding hydrogens is 382 g/mol. The number of rotatable bonds is 6. The van der Waals surface area contributed by atoms with Gasteiger partial charge < -0.3 is 0 Å². The predicted molar refractivity (Wildman–Crippen MR) is 106 cm³/mol.